The van der Waals surface area contributed by atoms with E-state index in [4.69, 9.17) is 0 Å². The highest BCUT2D eigenvalue weighted by atomic mass is 32.3. The first-order valence-corrected chi connectivity index (χ1v) is 4.21. The van der Waals surface area contributed by atoms with E-state index in [2.05, 4.69) is 14.5 Å². The van der Waals surface area contributed by atoms with Gasteiger partial charge in [-0.15, -0.1) is 0 Å². The van der Waals surface area contributed by atoms with E-state index in [1.807, 2.05) is 6.21 Å². The lowest BCUT2D eigenvalue weighted by molar-refractivity contribution is -0.631. The molecule has 66 valence electrons. The van der Waals surface area contributed by atoms with Crippen molar-refractivity contribution in [3.05, 3.63) is 0 Å². The summed E-state index contributed by atoms with van der Waals surface area (Å²) in [5.41, 5.74) is 0. The number of quaternary nitrogens is 1. The maximum Gasteiger partial charge on any atom is 0.217 e. The molecule has 0 aliphatic carbocycles. The second-order valence-corrected chi connectivity index (χ2v) is 2.80. The van der Waals surface area contributed by atoms with E-state index >= 15 is 0 Å². The largest absolute Gasteiger partial charge is 0.726 e. The Morgan fingerprint density at radius 1 is 1.73 bits per heavy atom. The van der Waals surface area contributed by atoms with E-state index < -0.39 is 10.4 Å². The lowest BCUT2D eigenvalue weighted by atomic mass is 10.8. The van der Waals surface area contributed by atoms with Gasteiger partial charge in [-0.1, -0.05) is 0 Å². The van der Waals surface area contributed by atoms with Crippen LogP contribution in [0.1, 0.15) is 0 Å². The van der Waals surface area contributed by atoms with Crippen molar-refractivity contribution in [2.75, 3.05) is 20.3 Å². The molecule has 1 aliphatic rings. The highest BCUT2D eigenvalue weighted by Crippen LogP contribution is 1.74. The fraction of sp³-hybridized carbons (Fsp3) is 0.750. The van der Waals surface area contributed by atoms with Crippen LogP contribution < -0.4 is 5.32 Å². The molecule has 7 heteroatoms. The van der Waals surface area contributed by atoms with E-state index in [1.165, 1.54) is 0 Å². The Morgan fingerprint density at radius 2 is 2.27 bits per heavy atom. The zero-order valence-electron chi connectivity index (χ0n) is 6.06. The molecule has 0 aromatic rings. The standard InChI is InChI=1S/C3H6N2.CH4O4S/c1-2-5-3-4-1;1-5-6(2,3)4/h1,5H,2-3H2;1H3,(H,2,3,4). The monoisotopic (exact) mass is 182 g/mol. The molecule has 11 heavy (non-hydrogen) atoms. The molecule has 0 radical (unpaired) electrons. The maximum atomic E-state index is 9.22. The van der Waals surface area contributed by atoms with E-state index in [0.717, 1.165) is 20.3 Å². The van der Waals surface area contributed by atoms with Crippen molar-refractivity contribution in [3.63, 3.8) is 0 Å². The molecular weight excluding hydrogens is 172 g/mol. The zero-order valence-corrected chi connectivity index (χ0v) is 6.87. The topological polar surface area (TPSA) is 95.4 Å². The van der Waals surface area contributed by atoms with Crippen molar-refractivity contribution in [1.82, 2.24) is 0 Å². The van der Waals surface area contributed by atoms with E-state index in [1.54, 1.807) is 0 Å². The first-order chi connectivity index (χ1) is 5.06. The molecule has 0 spiro atoms. The Balaban J connectivity index is 0.000000183. The average Bonchev–Trinajstić information content (AvgIpc) is 2.41. The summed E-state index contributed by atoms with van der Waals surface area (Å²) in [5, 5.41) is 2.14. The predicted octanol–water partition coefficient (Wildman–Crippen LogP) is -2.32. The summed E-state index contributed by atoms with van der Waals surface area (Å²) >= 11 is 0. The first kappa shape index (κ1) is 10.5. The lowest BCUT2D eigenvalue weighted by Gasteiger charge is -1.98. The second-order valence-electron chi connectivity index (χ2n) is 1.65. The van der Waals surface area contributed by atoms with Crippen LogP contribution in [-0.4, -0.2) is 39.5 Å². The summed E-state index contributed by atoms with van der Waals surface area (Å²) in [5.74, 6) is 0. The van der Waals surface area contributed by atoms with E-state index in [0.29, 0.717) is 0 Å². The Labute approximate surface area is 65.2 Å². The second kappa shape index (κ2) is 5.19. The molecule has 0 unspecified atom stereocenters. The summed E-state index contributed by atoms with van der Waals surface area (Å²) in [7, 11) is -3.60. The third-order valence-corrected chi connectivity index (χ3v) is 1.25. The minimum atomic E-state index is -4.41. The van der Waals surface area contributed by atoms with Gasteiger partial charge in [0.2, 0.25) is 10.4 Å². The van der Waals surface area contributed by atoms with Crippen molar-refractivity contribution >= 4 is 16.6 Å². The molecule has 0 bridgehead atoms. The molecule has 0 aromatic carbocycles. The van der Waals surface area contributed by atoms with Crippen molar-refractivity contribution in [1.29, 1.82) is 0 Å². The number of hydrogen-bond donors (Lipinski definition) is 1. The van der Waals surface area contributed by atoms with E-state index in [9.17, 15) is 13.0 Å². The number of aliphatic imine (C=N–C) groups is 1. The van der Waals surface area contributed by atoms with Crippen LogP contribution in [0.15, 0.2) is 4.99 Å². The molecule has 0 saturated heterocycles. The average molecular weight is 182 g/mol. The molecular formula is C4H10N2O4S. The fourth-order valence-corrected chi connectivity index (χ4v) is 0.373. The predicted molar refractivity (Wildman–Crippen MR) is 36.9 cm³/mol. The molecule has 1 rings (SSSR count). The van der Waals surface area contributed by atoms with Crippen molar-refractivity contribution in [3.8, 4) is 0 Å². The first-order valence-electron chi connectivity index (χ1n) is 2.87. The van der Waals surface area contributed by atoms with Gasteiger partial charge in [0.25, 0.3) is 0 Å². The fourth-order valence-electron chi connectivity index (χ4n) is 0.373. The molecule has 0 fully saturated rings. The van der Waals surface area contributed by atoms with Crippen molar-refractivity contribution < 1.29 is 22.5 Å². The van der Waals surface area contributed by atoms with Gasteiger partial charge >= 0.3 is 0 Å². The Bertz CT molecular complexity index is 204. The van der Waals surface area contributed by atoms with Gasteiger partial charge < -0.3 is 9.87 Å². The summed E-state index contributed by atoms with van der Waals surface area (Å²) in [6, 6.07) is 0. The molecule has 1 heterocycles. The van der Waals surface area contributed by atoms with Gasteiger partial charge in [0.05, 0.1) is 13.3 Å². The zero-order chi connectivity index (χ0) is 8.74. The Kier molecular flexibility index (Phi) is 4.95. The molecule has 1 aliphatic heterocycles. The smallest absolute Gasteiger partial charge is 0.217 e. The highest BCUT2D eigenvalue weighted by molar-refractivity contribution is 7.80. The summed E-state index contributed by atoms with van der Waals surface area (Å²) in [4.78, 5) is 3.90. The van der Waals surface area contributed by atoms with Crippen LogP contribution in [0.5, 0.6) is 0 Å². The Morgan fingerprint density at radius 3 is 2.36 bits per heavy atom. The van der Waals surface area contributed by atoms with Crippen molar-refractivity contribution in [2.24, 2.45) is 4.99 Å². The van der Waals surface area contributed by atoms with Gasteiger partial charge in [0, 0.05) is 0 Å². The minimum Gasteiger partial charge on any atom is -0.726 e. The number of nitrogens with two attached hydrogens (primary N) is 1. The van der Waals surface area contributed by atoms with Crippen molar-refractivity contribution in [2.45, 2.75) is 0 Å². The lowest BCUT2D eigenvalue weighted by Crippen LogP contribution is -2.81. The number of nitrogens with zero attached hydrogens (tertiary/aromatic N) is 1. The van der Waals surface area contributed by atoms with E-state index in [-0.39, 0.29) is 0 Å². The quantitative estimate of drug-likeness (QED) is 0.364. The van der Waals surface area contributed by atoms with Gasteiger partial charge in [0.1, 0.15) is 6.54 Å². The third-order valence-electron chi connectivity index (χ3n) is 0.840. The molecule has 0 atom stereocenters. The summed E-state index contributed by atoms with van der Waals surface area (Å²) in [6.07, 6.45) is 1.93. The van der Waals surface area contributed by atoms with Crippen LogP contribution in [0.2, 0.25) is 0 Å². The van der Waals surface area contributed by atoms with Gasteiger partial charge in [-0.3, -0.25) is 4.18 Å². The normalized spacial score (nSPS) is 15.8. The number of hydrogen-bond acceptors (Lipinski definition) is 5. The molecule has 0 saturated carbocycles. The van der Waals surface area contributed by atoms with Gasteiger partial charge in [-0.2, -0.15) is 0 Å². The van der Waals surface area contributed by atoms with Gasteiger partial charge in [0.15, 0.2) is 6.67 Å². The van der Waals surface area contributed by atoms with Gasteiger partial charge in [-0.25, -0.2) is 13.4 Å². The number of rotatable bonds is 1. The van der Waals surface area contributed by atoms with Crippen LogP contribution in [0.4, 0.5) is 0 Å². The summed E-state index contributed by atoms with van der Waals surface area (Å²) in [6.45, 7) is 2.03. The molecule has 0 amide bonds. The Hall–Kier alpha value is -0.500. The van der Waals surface area contributed by atoms with Gasteiger partial charge in [-0.05, 0) is 0 Å². The summed E-state index contributed by atoms with van der Waals surface area (Å²) < 4.78 is 31.0. The minimum absolute atomic E-state index is 0.808. The van der Waals surface area contributed by atoms with Crippen LogP contribution in [-0.2, 0) is 14.6 Å². The highest BCUT2D eigenvalue weighted by Gasteiger charge is 1.87. The molecule has 0 aromatic heterocycles. The molecule has 6 nitrogen and oxygen atoms in total. The maximum absolute atomic E-state index is 9.22. The van der Waals surface area contributed by atoms with Crippen LogP contribution >= 0.6 is 0 Å². The molecule has 2 N–H and O–H groups in total. The van der Waals surface area contributed by atoms with Crippen LogP contribution in [0.3, 0.4) is 0 Å². The SMILES string of the molecule is C1=NC[NH2+]C1.COS(=O)(=O)[O-]. The van der Waals surface area contributed by atoms with Crippen LogP contribution in [0.25, 0.3) is 0 Å². The van der Waals surface area contributed by atoms with Crippen LogP contribution in [0, 0.1) is 0 Å². The third kappa shape index (κ3) is 9.50.